The molecule has 0 fully saturated rings. The zero-order valence-electron chi connectivity index (χ0n) is 13.2. The highest BCUT2D eigenvalue weighted by atomic mass is 16.4. The van der Waals surface area contributed by atoms with E-state index >= 15 is 0 Å². The van der Waals surface area contributed by atoms with E-state index in [1.165, 1.54) is 0 Å². The molecule has 0 heterocycles. The molecule has 5 nitrogen and oxygen atoms in total. The second kappa shape index (κ2) is 7.73. The maximum atomic E-state index is 12.1. The predicted molar refractivity (Wildman–Crippen MR) is 83.6 cm³/mol. The molecule has 1 rings (SSSR count). The zero-order chi connectivity index (χ0) is 16.8. The van der Waals surface area contributed by atoms with Crippen LogP contribution in [0, 0.1) is 0 Å². The van der Waals surface area contributed by atoms with Crippen LogP contribution in [0.4, 0.5) is 0 Å². The standard InChI is InChI=1S/C17H22NO4/c1-17(2,3)13-9-7-12(8-10-13)15(20)18-14(16(21)22)6-4-5-11-19/h7-10,14H,4-6H2,1-3H3,(H,18,20)(H,21,22). The minimum Gasteiger partial charge on any atom is -0.480 e. The SMILES string of the molecule is CC(C)(C)c1ccc(C(=O)NC(CCC[C]=O)C(=O)O)cc1. The quantitative estimate of drug-likeness (QED) is 0.758. The Morgan fingerprint density at radius 3 is 2.27 bits per heavy atom. The topological polar surface area (TPSA) is 83.5 Å². The Morgan fingerprint density at radius 2 is 1.82 bits per heavy atom. The number of unbranched alkanes of at least 4 members (excludes halogenated alkanes) is 1. The second-order valence-electron chi connectivity index (χ2n) is 6.23. The van der Waals surface area contributed by atoms with Crippen LogP contribution in [0.25, 0.3) is 0 Å². The van der Waals surface area contributed by atoms with E-state index in [-0.39, 0.29) is 18.3 Å². The van der Waals surface area contributed by atoms with E-state index in [0.29, 0.717) is 12.0 Å². The van der Waals surface area contributed by atoms with Gasteiger partial charge in [-0.3, -0.25) is 9.59 Å². The lowest BCUT2D eigenvalue weighted by Gasteiger charge is -2.19. The molecule has 0 spiro atoms. The smallest absolute Gasteiger partial charge is 0.326 e. The summed E-state index contributed by atoms with van der Waals surface area (Å²) in [6.45, 7) is 6.23. The van der Waals surface area contributed by atoms with Crippen LogP contribution < -0.4 is 5.32 Å². The van der Waals surface area contributed by atoms with Crippen molar-refractivity contribution in [1.82, 2.24) is 5.32 Å². The van der Waals surface area contributed by atoms with Gasteiger partial charge < -0.3 is 10.4 Å². The van der Waals surface area contributed by atoms with Gasteiger partial charge in [0.25, 0.3) is 5.91 Å². The minimum absolute atomic E-state index is 0.00998. The highest BCUT2D eigenvalue weighted by Crippen LogP contribution is 2.22. The largest absolute Gasteiger partial charge is 0.480 e. The summed E-state index contributed by atoms with van der Waals surface area (Å²) in [6.07, 6.45) is 2.46. The Morgan fingerprint density at radius 1 is 1.23 bits per heavy atom. The molecule has 5 heteroatoms. The Balaban J connectivity index is 2.73. The van der Waals surface area contributed by atoms with E-state index in [4.69, 9.17) is 5.11 Å². The van der Waals surface area contributed by atoms with Gasteiger partial charge in [0.05, 0.1) is 0 Å². The van der Waals surface area contributed by atoms with Crippen molar-refractivity contribution in [3.8, 4) is 0 Å². The summed E-state index contributed by atoms with van der Waals surface area (Å²) in [5.74, 6) is -1.53. The van der Waals surface area contributed by atoms with Crippen LogP contribution in [0.15, 0.2) is 24.3 Å². The van der Waals surface area contributed by atoms with Gasteiger partial charge in [-0.15, -0.1) is 0 Å². The first-order valence-corrected chi connectivity index (χ1v) is 7.25. The molecule has 1 aromatic carbocycles. The Hall–Kier alpha value is -2.17. The molecule has 0 bridgehead atoms. The number of aliphatic carboxylic acids is 1. The van der Waals surface area contributed by atoms with Crippen molar-refractivity contribution in [1.29, 1.82) is 0 Å². The molecule has 1 unspecified atom stereocenters. The highest BCUT2D eigenvalue weighted by molar-refractivity contribution is 5.96. The van der Waals surface area contributed by atoms with Gasteiger partial charge in [-0.25, -0.2) is 4.79 Å². The van der Waals surface area contributed by atoms with Gasteiger partial charge in [-0.2, -0.15) is 0 Å². The number of benzene rings is 1. The number of hydrogen-bond acceptors (Lipinski definition) is 3. The molecule has 22 heavy (non-hydrogen) atoms. The molecule has 0 aliphatic rings. The number of carboxylic acids is 1. The molecule has 119 valence electrons. The Bertz CT molecular complexity index is 529. The highest BCUT2D eigenvalue weighted by Gasteiger charge is 2.20. The van der Waals surface area contributed by atoms with Crippen molar-refractivity contribution < 1.29 is 19.5 Å². The van der Waals surface area contributed by atoms with E-state index in [9.17, 15) is 14.4 Å². The van der Waals surface area contributed by atoms with E-state index in [2.05, 4.69) is 26.1 Å². The number of rotatable bonds is 7. The van der Waals surface area contributed by atoms with Gasteiger partial charge in [-0.1, -0.05) is 32.9 Å². The second-order valence-corrected chi connectivity index (χ2v) is 6.23. The lowest BCUT2D eigenvalue weighted by Crippen LogP contribution is -2.40. The fourth-order valence-electron chi connectivity index (χ4n) is 2.00. The molecule has 1 aromatic rings. The number of amides is 1. The number of hydrogen-bond donors (Lipinski definition) is 2. The molecule has 1 radical (unpaired) electrons. The number of carbonyl (C=O) groups excluding carboxylic acids is 2. The third-order valence-corrected chi connectivity index (χ3v) is 3.39. The third-order valence-electron chi connectivity index (χ3n) is 3.39. The maximum Gasteiger partial charge on any atom is 0.326 e. The average Bonchev–Trinajstić information content (AvgIpc) is 2.45. The van der Waals surface area contributed by atoms with Crippen molar-refractivity contribution in [3.63, 3.8) is 0 Å². The first-order valence-electron chi connectivity index (χ1n) is 7.25. The van der Waals surface area contributed by atoms with Crippen LogP contribution in [-0.2, 0) is 15.0 Å². The lowest BCUT2D eigenvalue weighted by molar-refractivity contribution is -0.139. The summed E-state index contributed by atoms with van der Waals surface area (Å²) >= 11 is 0. The van der Waals surface area contributed by atoms with Crippen molar-refractivity contribution in [3.05, 3.63) is 35.4 Å². The summed E-state index contributed by atoms with van der Waals surface area (Å²) in [6, 6.07) is 6.11. The van der Waals surface area contributed by atoms with Crippen LogP contribution in [0.5, 0.6) is 0 Å². The fraction of sp³-hybridized carbons (Fsp3) is 0.471. The van der Waals surface area contributed by atoms with Crippen molar-refractivity contribution >= 4 is 18.2 Å². The van der Waals surface area contributed by atoms with Crippen molar-refractivity contribution in [2.24, 2.45) is 0 Å². The van der Waals surface area contributed by atoms with Gasteiger partial charge in [0.15, 0.2) is 6.29 Å². The van der Waals surface area contributed by atoms with Crippen LogP contribution in [0.2, 0.25) is 0 Å². The molecular weight excluding hydrogens is 282 g/mol. The maximum absolute atomic E-state index is 12.1. The molecule has 0 aliphatic carbocycles. The van der Waals surface area contributed by atoms with Crippen LogP contribution in [0.1, 0.15) is 56.0 Å². The first kappa shape index (κ1) is 17.9. The van der Waals surface area contributed by atoms with Gasteiger partial charge in [-0.05, 0) is 36.0 Å². The number of nitrogens with one attached hydrogen (secondary N) is 1. The summed E-state index contributed by atoms with van der Waals surface area (Å²) in [7, 11) is 0. The average molecular weight is 304 g/mol. The number of carboxylic acid groups (broad SMARTS) is 1. The van der Waals surface area contributed by atoms with E-state index in [1.807, 2.05) is 12.1 Å². The molecule has 1 atom stereocenters. The fourth-order valence-corrected chi connectivity index (χ4v) is 2.00. The summed E-state index contributed by atoms with van der Waals surface area (Å²) < 4.78 is 0. The van der Waals surface area contributed by atoms with Crippen molar-refractivity contribution in [2.75, 3.05) is 0 Å². The monoisotopic (exact) mass is 304 g/mol. The summed E-state index contributed by atoms with van der Waals surface area (Å²) in [5, 5.41) is 11.6. The summed E-state index contributed by atoms with van der Waals surface area (Å²) in [4.78, 5) is 33.4. The molecule has 0 aliphatic heterocycles. The van der Waals surface area contributed by atoms with Crippen LogP contribution in [0.3, 0.4) is 0 Å². The summed E-state index contributed by atoms with van der Waals surface area (Å²) in [5.41, 5.74) is 1.51. The third kappa shape index (κ3) is 5.31. The zero-order valence-corrected chi connectivity index (χ0v) is 13.2. The van der Waals surface area contributed by atoms with Crippen LogP contribution in [-0.4, -0.2) is 29.3 Å². The predicted octanol–water partition coefficient (Wildman–Crippen LogP) is 2.45. The Labute approximate surface area is 130 Å². The number of carbonyl (C=O) groups is 2. The van der Waals surface area contributed by atoms with Crippen molar-refractivity contribution in [2.45, 2.75) is 51.5 Å². The first-order chi connectivity index (χ1) is 10.3. The molecule has 2 N–H and O–H groups in total. The lowest BCUT2D eigenvalue weighted by atomic mass is 9.86. The van der Waals surface area contributed by atoms with Gasteiger partial charge in [0.2, 0.25) is 0 Å². The molecule has 1 amide bonds. The van der Waals surface area contributed by atoms with E-state index < -0.39 is 17.9 Å². The van der Waals surface area contributed by atoms with Crippen LogP contribution >= 0.6 is 0 Å². The normalized spacial score (nSPS) is 12.5. The molecule has 0 saturated carbocycles. The van der Waals surface area contributed by atoms with Gasteiger partial charge >= 0.3 is 5.97 Å². The molecule has 0 saturated heterocycles. The molecule has 0 aromatic heterocycles. The van der Waals surface area contributed by atoms with E-state index in [0.717, 1.165) is 5.56 Å². The Kier molecular flexibility index (Phi) is 6.28. The molecular formula is C17H22NO4. The minimum atomic E-state index is -1.11. The van der Waals surface area contributed by atoms with E-state index in [1.54, 1.807) is 18.4 Å². The van der Waals surface area contributed by atoms with Gasteiger partial charge in [0, 0.05) is 12.0 Å². The van der Waals surface area contributed by atoms with Gasteiger partial charge in [0.1, 0.15) is 6.04 Å².